The molecule has 0 spiro atoms. The minimum absolute atomic E-state index is 0.0998. The van der Waals surface area contributed by atoms with Gasteiger partial charge in [0, 0.05) is 16.2 Å². The molecule has 0 atom stereocenters. The minimum Gasteiger partial charge on any atom is -0.493 e. The van der Waals surface area contributed by atoms with E-state index in [9.17, 15) is 4.79 Å². The summed E-state index contributed by atoms with van der Waals surface area (Å²) >= 11 is 6.61. The van der Waals surface area contributed by atoms with Crippen molar-refractivity contribution < 1.29 is 9.53 Å². The van der Waals surface area contributed by atoms with Gasteiger partial charge in [-0.15, -0.1) is 0 Å². The zero-order valence-corrected chi connectivity index (χ0v) is 11.6. The zero-order chi connectivity index (χ0) is 11.3. The summed E-state index contributed by atoms with van der Waals surface area (Å²) in [5, 5.41) is 0.674. The number of carbonyl (C=O) groups excluding carboxylic acids is 1. The van der Waals surface area contributed by atoms with Crippen LogP contribution in [0.1, 0.15) is 23.7 Å². The predicted octanol–water partition coefficient (Wildman–Crippen LogP) is 3.82. The molecule has 1 rings (SSSR count). The van der Waals surface area contributed by atoms with Crippen LogP contribution in [0.15, 0.2) is 22.7 Å². The monoisotopic (exact) mass is 334 g/mol. The third-order valence-electron chi connectivity index (χ3n) is 1.87. The van der Waals surface area contributed by atoms with E-state index < -0.39 is 0 Å². The Morgan fingerprint density at radius 1 is 1.47 bits per heavy atom. The summed E-state index contributed by atoms with van der Waals surface area (Å²) in [5.41, 5.74) is 0.652. The highest BCUT2D eigenvalue weighted by atomic mass is 79.9. The van der Waals surface area contributed by atoms with Crippen molar-refractivity contribution in [1.29, 1.82) is 0 Å². The number of benzene rings is 1. The highest BCUT2D eigenvalue weighted by Gasteiger charge is 2.11. The first-order chi connectivity index (χ1) is 7.19. The van der Waals surface area contributed by atoms with Crippen LogP contribution < -0.4 is 4.74 Å². The summed E-state index contributed by atoms with van der Waals surface area (Å²) in [4.78, 5) is 11.7. The van der Waals surface area contributed by atoms with E-state index in [1.165, 1.54) is 0 Å². The van der Waals surface area contributed by atoms with Crippen LogP contribution in [0, 0.1) is 0 Å². The van der Waals surface area contributed by atoms with E-state index in [-0.39, 0.29) is 5.78 Å². The zero-order valence-electron chi connectivity index (χ0n) is 8.43. The normalized spacial score (nSPS) is 10.1. The molecule has 0 heterocycles. The number of hydrogen-bond acceptors (Lipinski definition) is 2. The Morgan fingerprint density at radius 3 is 2.80 bits per heavy atom. The molecule has 82 valence electrons. The third-order valence-corrected chi connectivity index (χ3v) is 2.76. The van der Waals surface area contributed by atoms with Crippen molar-refractivity contribution in [1.82, 2.24) is 0 Å². The lowest BCUT2D eigenvalue weighted by Gasteiger charge is -2.09. The van der Waals surface area contributed by atoms with Gasteiger partial charge in [0.25, 0.3) is 0 Å². The van der Waals surface area contributed by atoms with Gasteiger partial charge in [0.15, 0.2) is 5.78 Å². The lowest BCUT2D eigenvalue weighted by atomic mass is 10.1. The molecule has 0 bridgehead atoms. The Hall–Kier alpha value is -0.350. The molecule has 1 aromatic carbocycles. The van der Waals surface area contributed by atoms with Crippen molar-refractivity contribution in [2.45, 2.75) is 13.3 Å². The fraction of sp³-hybridized carbons (Fsp3) is 0.364. The smallest absolute Gasteiger partial charge is 0.167 e. The second kappa shape index (κ2) is 6.28. The van der Waals surface area contributed by atoms with E-state index >= 15 is 0 Å². The SMILES string of the molecule is CCOc1cc(Br)ccc1C(=O)CCBr. The van der Waals surface area contributed by atoms with Gasteiger partial charge in [0.1, 0.15) is 5.75 Å². The second-order valence-corrected chi connectivity index (χ2v) is 4.64. The van der Waals surface area contributed by atoms with Gasteiger partial charge in [-0.25, -0.2) is 0 Å². The summed E-state index contributed by atoms with van der Waals surface area (Å²) in [6.45, 7) is 2.46. The topological polar surface area (TPSA) is 26.3 Å². The molecule has 15 heavy (non-hydrogen) atoms. The molecule has 0 aliphatic heterocycles. The quantitative estimate of drug-likeness (QED) is 0.604. The van der Waals surface area contributed by atoms with Gasteiger partial charge >= 0.3 is 0 Å². The van der Waals surface area contributed by atoms with Crippen LogP contribution in [0.25, 0.3) is 0 Å². The fourth-order valence-electron chi connectivity index (χ4n) is 1.22. The van der Waals surface area contributed by atoms with E-state index in [0.29, 0.717) is 29.7 Å². The molecule has 0 aromatic heterocycles. The van der Waals surface area contributed by atoms with E-state index in [1.807, 2.05) is 19.1 Å². The largest absolute Gasteiger partial charge is 0.493 e. The van der Waals surface area contributed by atoms with Crippen LogP contribution in [0.2, 0.25) is 0 Å². The number of carbonyl (C=O) groups is 1. The average Bonchev–Trinajstić information content (AvgIpc) is 2.18. The lowest BCUT2D eigenvalue weighted by Crippen LogP contribution is -2.04. The van der Waals surface area contributed by atoms with E-state index in [1.54, 1.807) is 6.07 Å². The molecule has 0 fully saturated rings. The van der Waals surface area contributed by atoms with E-state index in [2.05, 4.69) is 31.9 Å². The number of halogens is 2. The molecule has 0 aliphatic carbocycles. The molecular formula is C11H12Br2O2. The number of Topliss-reactive ketones (excluding diaryl/α,β-unsaturated/α-hetero) is 1. The fourth-order valence-corrected chi connectivity index (χ4v) is 1.92. The maximum absolute atomic E-state index is 11.7. The van der Waals surface area contributed by atoms with Gasteiger partial charge in [-0.3, -0.25) is 4.79 Å². The van der Waals surface area contributed by atoms with Crippen LogP contribution in [-0.4, -0.2) is 17.7 Å². The molecule has 0 aliphatic rings. The van der Waals surface area contributed by atoms with Crippen molar-refractivity contribution in [3.8, 4) is 5.75 Å². The summed E-state index contributed by atoms with van der Waals surface area (Å²) in [5.74, 6) is 0.751. The highest BCUT2D eigenvalue weighted by Crippen LogP contribution is 2.25. The first-order valence-corrected chi connectivity index (χ1v) is 6.62. The number of alkyl halides is 1. The maximum Gasteiger partial charge on any atom is 0.167 e. The van der Waals surface area contributed by atoms with Gasteiger partial charge in [-0.05, 0) is 25.1 Å². The molecule has 0 saturated carbocycles. The number of ether oxygens (including phenoxy) is 1. The lowest BCUT2D eigenvalue weighted by molar-refractivity contribution is 0.0986. The van der Waals surface area contributed by atoms with Crippen molar-refractivity contribution >= 4 is 37.6 Å². The van der Waals surface area contributed by atoms with Crippen molar-refractivity contribution in [2.75, 3.05) is 11.9 Å². The Labute approximate surface area is 106 Å². The average molecular weight is 336 g/mol. The summed E-state index contributed by atoms with van der Waals surface area (Å²) in [7, 11) is 0. The number of ketones is 1. The third kappa shape index (κ3) is 3.61. The summed E-state index contributed by atoms with van der Waals surface area (Å²) < 4.78 is 6.34. The molecule has 0 saturated heterocycles. The highest BCUT2D eigenvalue weighted by molar-refractivity contribution is 9.10. The molecule has 4 heteroatoms. The van der Waals surface area contributed by atoms with Gasteiger partial charge < -0.3 is 4.74 Å². The van der Waals surface area contributed by atoms with Gasteiger partial charge in [0.2, 0.25) is 0 Å². The standard InChI is InChI=1S/C11H12Br2O2/c1-2-15-11-7-8(13)3-4-9(11)10(14)5-6-12/h3-4,7H,2,5-6H2,1H3. The minimum atomic E-state index is 0.0998. The first kappa shape index (κ1) is 12.7. The molecule has 0 unspecified atom stereocenters. The summed E-state index contributed by atoms with van der Waals surface area (Å²) in [6, 6.07) is 5.47. The van der Waals surface area contributed by atoms with Crippen LogP contribution in [0.4, 0.5) is 0 Å². The predicted molar refractivity (Wildman–Crippen MR) is 68.1 cm³/mol. The Morgan fingerprint density at radius 2 is 2.20 bits per heavy atom. The van der Waals surface area contributed by atoms with Gasteiger partial charge in [-0.1, -0.05) is 31.9 Å². The van der Waals surface area contributed by atoms with Crippen molar-refractivity contribution in [2.24, 2.45) is 0 Å². The van der Waals surface area contributed by atoms with Crippen LogP contribution >= 0.6 is 31.9 Å². The van der Waals surface area contributed by atoms with E-state index in [0.717, 1.165) is 4.47 Å². The summed E-state index contributed by atoms with van der Waals surface area (Å²) in [6.07, 6.45) is 0.488. The Bertz CT molecular complexity index is 350. The number of hydrogen-bond donors (Lipinski definition) is 0. The molecule has 0 amide bonds. The van der Waals surface area contributed by atoms with E-state index in [4.69, 9.17) is 4.74 Å². The Balaban J connectivity index is 2.99. The second-order valence-electron chi connectivity index (χ2n) is 2.94. The van der Waals surface area contributed by atoms with Crippen molar-refractivity contribution in [3.05, 3.63) is 28.2 Å². The van der Waals surface area contributed by atoms with Gasteiger partial charge in [0.05, 0.1) is 12.2 Å². The van der Waals surface area contributed by atoms with Crippen LogP contribution in [0.3, 0.4) is 0 Å². The maximum atomic E-state index is 11.7. The molecule has 0 radical (unpaired) electrons. The molecular weight excluding hydrogens is 324 g/mol. The van der Waals surface area contributed by atoms with Crippen LogP contribution in [-0.2, 0) is 0 Å². The number of rotatable bonds is 5. The van der Waals surface area contributed by atoms with Crippen LogP contribution in [0.5, 0.6) is 5.75 Å². The molecule has 2 nitrogen and oxygen atoms in total. The van der Waals surface area contributed by atoms with Crippen molar-refractivity contribution in [3.63, 3.8) is 0 Å². The first-order valence-electron chi connectivity index (χ1n) is 4.70. The molecule has 0 N–H and O–H groups in total. The Kier molecular flexibility index (Phi) is 5.32. The van der Waals surface area contributed by atoms with Gasteiger partial charge in [-0.2, -0.15) is 0 Å². The molecule has 1 aromatic rings.